The molecule has 0 fully saturated rings. The van der Waals surface area contributed by atoms with Gasteiger partial charge >= 0.3 is 0 Å². The maximum atomic E-state index is 9.41. The van der Waals surface area contributed by atoms with Crippen molar-refractivity contribution in [2.75, 3.05) is 0 Å². The quantitative estimate of drug-likeness (QED) is 0.302. The summed E-state index contributed by atoms with van der Waals surface area (Å²) < 4.78 is 4.75. The summed E-state index contributed by atoms with van der Waals surface area (Å²) in [6.07, 6.45) is 0. The van der Waals surface area contributed by atoms with Crippen molar-refractivity contribution in [3.63, 3.8) is 0 Å². The van der Waals surface area contributed by atoms with Crippen LogP contribution in [-0.2, 0) is 0 Å². The summed E-state index contributed by atoms with van der Waals surface area (Å²) in [5.41, 5.74) is 4.41. The smallest absolute Gasteiger partial charge is 0.0991 e. The van der Waals surface area contributed by atoms with E-state index in [1.165, 1.54) is 20.2 Å². The van der Waals surface area contributed by atoms with Gasteiger partial charge in [-0.1, -0.05) is 30.3 Å². The van der Waals surface area contributed by atoms with Gasteiger partial charge in [-0.2, -0.15) is 10.5 Å². The Hall–Kier alpha value is -4.12. The van der Waals surface area contributed by atoms with Gasteiger partial charge < -0.3 is 4.57 Å². The summed E-state index contributed by atoms with van der Waals surface area (Å²) in [6, 6.07) is 30.9. The minimum absolute atomic E-state index is 0.615. The van der Waals surface area contributed by atoms with E-state index in [-0.39, 0.29) is 0 Å². The van der Waals surface area contributed by atoms with Crippen LogP contribution in [0.3, 0.4) is 0 Å². The van der Waals surface area contributed by atoms with Crippen LogP contribution >= 0.6 is 11.3 Å². The molecule has 0 saturated carbocycles. The van der Waals surface area contributed by atoms with Crippen molar-refractivity contribution in [1.29, 1.82) is 10.5 Å². The molecule has 3 nitrogen and oxygen atoms in total. The van der Waals surface area contributed by atoms with E-state index in [1.54, 1.807) is 11.3 Å². The number of aromatic nitrogens is 1. The maximum absolute atomic E-state index is 9.41. The van der Waals surface area contributed by atoms with Gasteiger partial charge in [0.2, 0.25) is 0 Å². The third kappa shape index (κ3) is 2.23. The molecule has 0 radical (unpaired) electrons. The first-order chi connectivity index (χ1) is 14.8. The summed E-state index contributed by atoms with van der Waals surface area (Å²) in [7, 11) is 0. The second kappa shape index (κ2) is 6.19. The molecule has 2 heterocycles. The summed E-state index contributed by atoms with van der Waals surface area (Å²) in [4.78, 5) is 0. The number of hydrogen-bond donors (Lipinski definition) is 0. The molecule has 0 atom stereocenters. The normalized spacial score (nSPS) is 11.3. The van der Waals surface area contributed by atoms with Crippen molar-refractivity contribution in [1.82, 2.24) is 4.57 Å². The molecule has 138 valence electrons. The van der Waals surface area contributed by atoms with Gasteiger partial charge in [-0.05, 0) is 48.5 Å². The monoisotopic (exact) mass is 399 g/mol. The van der Waals surface area contributed by atoms with Gasteiger partial charge in [0.05, 0.1) is 44.7 Å². The number of rotatable bonds is 1. The Bertz CT molecular complexity index is 1650. The molecule has 4 heteroatoms. The highest BCUT2D eigenvalue weighted by molar-refractivity contribution is 7.26. The van der Waals surface area contributed by atoms with E-state index < -0.39 is 0 Å². The van der Waals surface area contributed by atoms with Crippen LogP contribution < -0.4 is 0 Å². The maximum Gasteiger partial charge on any atom is 0.0991 e. The Labute approximate surface area is 176 Å². The fourth-order valence-electron chi connectivity index (χ4n) is 4.33. The van der Waals surface area contributed by atoms with E-state index in [1.807, 2.05) is 36.4 Å². The lowest BCUT2D eigenvalue weighted by molar-refractivity contribution is 1.20. The fraction of sp³-hybridized carbons (Fsp3) is 0. The van der Waals surface area contributed by atoms with E-state index in [2.05, 4.69) is 59.2 Å². The second-order valence-corrected chi connectivity index (χ2v) is 8.33. The molecule has 0 spiro atoms. The summed E-state index contributed by atoms with van der Waals surface area (Å²) >= 11 is 1.79. The van der Waals surface area contributed by atoms with Crippen molar-refractivity contribution < 1.29 is 0 Å². The van der Waals surface area contributed by atoms with E-state index in [0.29, 0.717) is 11.1 Å². The molecule has 0 saturated heterocycles. The van der Waals surface area contributed by atoms with Crippen LogP contribution in [0.4, 0.5) is 0 Å². The van der Waals surface area contributed by atoms with Gasteiger partial charge in [0, 0.05) is 26.2 Å². The lowest BCUT2D eigenvalue weighted by atomic mass is 10.1. The highest BCUT2D eigenvalue weighted by atomic mass is 32.1. The number of benzene rings is 4. The molecule has 0 aliphatic heterocycles. The summed E-state index contributed by atoms with van der Waals surface area (Å²) in [5.74, 6) is 0. The third-order valence-corrected chi connectivity index (χ3v) is 6.86. The number of thiophene rings is 1. The zero-order valence-electron chi connectivity index (χ0n) is 15.8. The van der Waals surface area contributed by atoms with Crippen molar-refractivity contribution in [3.05, 3.63) is 90.0 Å². The first-order valence-electron chi connectivity index (χ1n) is 9.57. The molecule has 4 aromatic carbocycles. The standard InChI is InChI=1S/C26H13N3S/c27-14-16-8-10-22-20(12-16)21-13-17(15-28)9-11-23(21)29(22)24-6-3-5-19-18-4-1-2-7-25(18)30-26(19)24/h1-13H. The molecule has 0 unspecified atom stereocenters. The Balaban J connectivity index is 1.81. The second-order valence-electron chi connectivity index (χ2n) is 7.27. The van der Waals surface area contributed by atoms with Crippen molar-refractivity contribution in [3.8, 4) is 17.8 Å². The van der Waals surface area contributed by atoms with E-state index in [9.17, 15) is 10.5 Å². The molecule has 0 bridgehead atoms. The fourth-order valence-corrected chi connectivity index (χ4v) is 5.54. The van der Waals surface area contributed by atoms with E-state index in [0.717, 1.165) is 27.5 Å². The molecule has 6 rings (SSSR count). The van der Waals surface area contributed by atoms with Crippen molar-refractivity contribution in [2.45, 2.75) is 0 Å². The van der Waals surface area contributed by atoms with Crippen LogP contribution in [0, 0.1) is 22.7 Å². The Kier molecular flexibility index (Phi) is 3.47. The Morgan fingerprint density at radius 3 is 1.93 bits per heavy atom. The molecule has 6 aromatic rings. The van der Waals surface area contributed by atoms with Gasteiger partial charge in [-0.3, -0.25) is 0 Å². The molecule has 2 aromatic heterocycles. The van der Waals surface area contributed by atoms with Crippen LogP contribution in [-0.4, -0.2) is 4.57 Å². The van der Waals surface area contributed by atoms with Crippen LogP contribution in [0.1, 0.15) is 11.1 Å². The molecule has 30 heavy (non-hydrogen) atoms. The molecule has 0 amide bonds. The predicted octanol–water partition coefficient (Wildman–Crippen LogP) is 6.89. The lowest BCUT2D eigenvalue weighted by Crippen LogP contribution is -1.94. The Morgan fingerprint density at radius 2 is 1.27 bits per heavy atom. The van der Waals surface area contributed by atoms with Gasteiger partial charge in [0.15, 0.2) is 0 Å². The van der Waals surface area contributed by atoms with Gasteiger partial charge in [-0.25, -0.2) is 0 Å². The minimum Gasteiger partial charge on any atom is -0.308 e. The van der Waals surface area contributed by atoms with Crippen LogP contribution in [0.25, 0.3) is 47.7 Å². The first kappa shape index (κ1) is 16.8. The predicted molar refractivity (Wildman–Crippen MR) is 123 cm³/mol. The molecule has 0 N–H and O–H groups in total. The lowest BCUT2D eigenvalue weighted by Gasteiger charge is -2.09. The largest absolute Gasteiger partial charge is 0.308 e. The average Bonchev–Trinajstić information content (AvgIpc) is 3.34. The summed E-state index contributed by atoms with van der Waals surface area (Å²) in [6.45, 7) is 0. The zero-order valence-corrected chi connectivity index (χ0v) is 16.6. The molecule has 0 aliphatic rings. The van der Waals surface area contributed by atoms with Crippen LogP contribution in [0.2, 0.25) is 0 Å². The van der Waals surface area contributed by atoms with E-state index in [4.69, 9.17) is 0 Å². The molecular formula is C26H13N3S. The van der Waals surface area contributed by atoms with Gasteiger partial charge in [-0.15, -0.1) is 11.3 Å². The molecule has 0 aliphatic carbocycles. The van der Waals surface area contributed by atoms with Gasteiger partial charge in [0.25, 0.3) is 0 Å². The number of fused-ring (bicyclic) bond motifs is 6. The van der Waals surface area contributed by atoms with Gasteiger partial charge in [0.1, 0.15) is 0 Å². The number of hydrogen-bond acceptors (Lipinski definition) is 3. The number of nitrogens with zero attached hydrogens (tertiary/aromatic N) is 3. The first-order valence-corrected chi connectivity index (χ1v) is 10.4. The highest BCUT2D eigenvalue weighted by Crippen LogP contribution is 2.40. The topological polar surface area (TPSA) is 52.5 Å². The minimum atomic E-state index is 0.615. The number of nitriles is 2. The summed E-state index contributed by atoms with van der Waals surface area (Å²) in [5, 5.41) is 23.3. The SMILES string of the molecule is N#Cc1ccc2c(c1)c1cc(C#N)ccc1n2-c1cccc2c1sc1ccccc12. The zero-order chi connectivity index (χ0) is 20.2. The van der Waals surface area contributed by atoms with Crippen LogP contribution in [0.15, 0.2) is 78.9 Å². The van der Waals surface area contributed by atoms with E-state index >= 15 is 0 Å². The Morgan fingerprint density at radius 1 is 0.633 bits per heavy atom. The molecular weight excluding hydrogens is 386 g/mol. The average molecular weight is 399 g/mol. The van der Waals surface area contributed by atoms with Crippen LogP contribution in [0.5, 0.6) is 0 Å². The third-order valence-electron chi connectivity index (χ3n) is 5.65. The van der Waals surface area contributed by atoms with Crippen molar-refractivity contribution in [2.24, 2.45) is 0 Å². The highest BCUT2D eigenvalue weighted by Gasteiger charge is 2.17. The van der Waals surface area contributed by atoms with Crippen molar-refractivity contribution >= 4 is 53.3 Å².